The number of halogens is 2. The standard InChI is InChI=1S/C29H25F2O3S/c1-29(2,21-13-15-22(30)16-14-21)34-28(32)20-33-27-19-25(17-18-26(27)31)35(23-9-5-3-6-10-23)24-11-7-4-8-12-24/h3-19H,20H2,1-2H3/q+1. The van der Waals surface area contributed by atoms with Gasteiger partial charge in [-0.3, -0.25) is 0 Å². The predicted molar refractivity (Wildman–Crippen MR) is 132 cm³/mol. The molecule has 4 rings (SSSR count). The molecule has 0 N–H and O–H groups in total. The van der Waals surface area contributed by atoms with Crippen molar-refractivity contribution in [1.29, 1.82) is 0 Å². The monoisotopic (exact) mass is 491 g/mol. The summed E-state index contributed by atoms with van der Waals surface area (Å²) in [6.07, 6.45) is 0. The molecule has 0 aliphatic carbocycles. The minimum absolute atomic E-state index is 0.0246. The van der Waals surface area contributed by atoms with Crippen molar-refractivity contribution in [3.8, 4) is 5.75 Å². The van der Waals surface area contributed by atoms with Crippen LogP contribution in [-0.4, -0.2) is 12.6 Å². The lowest BCUT2D eigenvalue weighted by Gasteiger charge is -2.25. The van der Waals surface area contributed by atoms with Gasteiger partial charge in [0.15, 0.2) is 32.9 Å². The highest BCUT2D eigenvalue weighted by Crippen LogP contribution is 2.34. The van der Waals surface area contributed by atoms with Crippen LogP contribution in [0, 0.1) is 11.6 Å². The fourth-order valence-electron chi connectivity index (χ4n) is 3.60. The molecule has 4 aromatic carbocycles. The van der Waals surface area contributed by atoms with Gasteiger partial charge in [0.1, 0.15) is 11.4 Å². The lowest BCUT2D eigenvalue weighted by molar-refractivity contribution is -0.159. The molecule has 35 heavy (non-hydrogen) atoms. The summed E-state index contributed by atoms with van der Waals surface area (Å²) in [5, 5.41) is 0. The van der Waals surface area contributed by atoms with E-state index < -0.39 is 34.9 Å². The topological polar surface area (TPSA) is 35.5 Å². The molecule has 178 valence electrons. The number of hydrogen-bond acceptors (Lipinski definition) is 3. The van der Waals surface area contributed by atoms with Gasteiger partial charge >= 0.3 is 5.97 Å². The maximum atomic E-state index is 14.6. The van der Waals surface area contributed by atoms with E-state index in [1.807, 2.05) is 60.7 Å². The summed E-state index contributed by atoms with van der Waals surface area (Å²) >= 11 is 0. The molecule has 3 nitrogen and oxygen atoms in total. The molecule has 4 aromatic rings. The summed E-state index contributed by atoms with van der Waals surface area (Å²) in [6.45, 7) is 2.94. The van der Waals surface area contributed by atoms with Crippen molar-refractivity contribution in [2.75, 3.05) is 6.61 Å². The van der Waals surface area contributed by atoms with Gasteiger partial charge in [0.2, 0.25) is 0 Å². The van der Waals surface area contributed by atoms with Crippen LogP contribution in [0.4, 0.5) is 8.78 Å². The third kappa shape index (κ3) is 6.08. The van der Waals surface area contributed by atoms with Crippen molar-refractivity contribution in [2.45, 2.75) is 34.1 Å². The first-order chi connectivity index (χ1) is 16.8. The molecule has 0 saturated carbocycles. The molecule has 0 aliphatic heterocycles. The van der Waals surface area contributed by atoms with E-state index in [2.05, 4.69) is 0 Å². The van der Waals surface area contributed by atoms with Crippen molar-refractivity contribution in [2.24, 2.45) is 0 Å². The van der Waals surface area contributed by atoms with E-state index in [1.54, 1.807) is 38.1 Å². The second-order valence-corrected chi connectivity index (χ2v) is 10.3. The molecule has 6 heteroatoms. The Kier molecular flexibility index (Phi) is 7.51. The van der Waals surface area contributed by atoms with Gasteiger partial charge in [-0.1, -0.05) is 48.5 Å². The average molecular weight is 492 g/mol. The summed E-state index contributed by atoms with van der Waals surface area (Å²) < 4.78 is 38.9. The second-order valence-electron chi connectivity index (χ2n) is 8.30. The number of carbonyl (C=O) groups excluding carboxylic acids is 1. The van der Waals surface area contributed by atoms with Gasteiger partial charge in [0.05, 0.1) is 10.9 Å². The van der Waals surface area contributed by atoms with E-state index in [0.717, 1.165) is 14.7 Å². The van der Waals surface area contributed by atoms with E-state index >= 15 is 0 Å². The molecule has 0 bridgehead atoms. The highest BCUT2D eigenvalue weighted by molar-refractivity contribution is 7.97. The largest absolute Gasteiger partial charge is 0.479 e. The molecule has 0 spiro atoms. The molecule has 0 amide bonds. The highest BCUT2D eigenvalue weighted by atomic mass is 32.2. The summed E-state index contributed by atoms with van der Waals surface area (Å²) in [7, 11) is -0.484. The molecule has 0 heterocycles. The smallest absolute Gasteiger partial charge is 0.345 e. The highest BCUT2D eigenvalue weighted by Gasteiger charge is 2.30. The molecule has 0 unspecified atom stereocenters. The number of esters is 1. The SMILES string of the molecule is CC(C)(OC(=O)COc1cc([S+](c2ccccc2)c2ccccc2)ccc1F)c1ccc(F)cc1. The molecule has 0 aliphatic rings. The summed E-state index contributed by atoms with van der Waals surface area (Å²) in [4.78, 5) is 15.5. The predicted octanol–water partition coefficient (Wildman–Crippen LogP) is 6.92. The molecule has 0 aromatic heterocycles. The van der Waals surface area contributed by atoms with Crippen molar-refractivity contribution < 1.29 is 23.0 Å². The number of hydrogen-bond donors (Lipinski definition) is 0. The van der Waals surface area contributed by atoms with Gasteiger partial charge in [-0.05, 0) is 67.9 Å². The third-order valence-corrected chi connectivity index (χ3v) is 7.56. The van der Waals surface area contributed by atoms with Crippen LogP contribution in [0.25, 0.3) is 0 Å². The summed E-state index contributed by atoms with van der Waals surface area (Å²) in [5.74, 6) is -1.62. The van der Waals surface area contributed by atoms with E-state index in [-0.39, 0.29) is 11.6 Å². The number of carbonyl (C=O) groups is 1. The van der Waals surface area contributed by atoms with Crippen molar-refractivity contribution in [3.63, 3.8) is 0 Å². The Morgan fingerprint density at radius 3 is 1.91 bits per heavy atom. The van der Waals surface area contributed by atoms with Crippen molar-refractivity contribution in [3.05, 3.63) is 120 Å². The van der Waals surface area contributed by atoms with Crippen LogP contribution in [0.15, 0.2) is 118 Å². The molecular formula is C29H25F2O3S+. The van der Waals surface area contributed by atoms with E-state index in [9.17, 15) is 13.6 Å². The fraction of sp³-hybridized carbons (Fsp3) is 0.138. The Morgan fingerprint density at radius 1 is 0.771 bits per heavy atom. The average Bonchev–Trinajstić information content (AvgIpc) is 2.86. The Labute approximate surface area is 206 Å². The van der Waals surface area contributed by atoms with Gasteiger partial charge in [0.25, 0.3) is 0 Å². The number of rotatable bonds is 8. The van der Waals surface area contributed by atoms with Gasteiger partial charge in [-0.2, -0.15) is 0 Å². The van der Waals surface area contributed by atoms with Crippen LogP contribution in [0.2, 0.25) is 0 Å². The van der Waals surface area contributed by atoms with Crippen LogP contribution in [0.3, 0.4) is 0 Å². The van der Waals surface area contributed by atoms with Crippen LogP contribution in [0.1, 0.15) is 19.4 Å². The van der Waals surface area contributed by atoms with Crippen molar-refractivity contribution >= 4 is 16.9 Å². The Morgan fingerprint density at radius 2 is 1.34 bits per heavy atom. The first-order valence-electron chi connectivity index (χ1n) is 11.1. The Bertz CT molecular complexity index is 1240. The Hall–Kier alpha value is -3.64. The maximum absolute atomic E-state index is 14.6. The van der Waals surface area contributed by atoms with Crippen LogP contribution >= 0.6 is 0 Å². The van der Waals surface area contributed by atoms with Gasteiger partial charge in [0, 0.05) is 6.07 Å². The molecular weight excluding hydrogens is 466 g/mol. The van der Waals surface area contributed by atoms with Crippen LogP contribution in [0.5, 0.6) is 5.75 Å². The van der Waals surface area contributed by atoms with Crippen LogP contribution in [-0.2, 0) is 26.0 Å². The zero-order chi connectivity index (χ0) is 24.8. The minimum atomic E-state index is -0.998. The van der Waals surface area contributed by atoms with Crippen molar-refractivity contribution in [1.82, 2.24) is 0 Å². The lowest BCUT2D eigenvalue weighted by atomic mass is 9.98. The van der Waals surface area contributed by atoms with Crippen LogP contribution < -0.4 is 4.74 Å². The van der Waals surface area contributed by atoms with E-state index in [4.69, 9.17) is 9.47 Å². The molecule has 0 atom stereocenters. The van der Waals surface area contributed by atoms with Gasteiger partial charge < -0.3 is 9.47 Å². The minimum Gasteiger partial charge on any atom is -0.479 e. The Balaban J connectivity index is 1.53. The number of ether oxygens (including phenoxy) is 2. The normalized spacial score (nSPS) is 11.3. The molecule has 0 fully saturated rings. The third-order valence-electron chi connectivity index (χ3n) is 5.35. The second kappa shape index (κ2) is 10.7. The number of benzene rings is 4. The van der Waals surface area contributed by atoms with Gasteiger partial charge in [-0.15, -0.1) is 0 Å². The summed E-state index contributed by atoms with van der Waals surface area (Å²) in [6, 6.07) is 30.4. The first kappa shape index (κ1) is 24.5. The molecule has 0 radical (unpaired) electrons. The first-order valence-corrected chi connectivity index (χ1v) is 12.3. The molecule has 0 saturated heterocycles. The fourth-order valence-corrected chi connectivity index (χ4v) is 5.71. The van der Waals surface area contributed by atoms with E-state index in [1.165, 1.54) is 18.2 Å². The lowest BCUT2D eigenvalue weighted by Crippen LogP contribution is -2.28. The quantitative estimate of drug-likeness (QED) is 0.198. The summed E-state index contributed by atoms with van der Waals surface area (Å²) in [5.41, 5.74) is -0.364. The maximum Gasteiger partial charge on any atom is 0.345 e. The zero-order valence-corrected chi connectivity index (χ0v) is 20.2. The van der Waals surface area contributed by atoms with Gasteiger partial charge in [-0.25, -0.2) is 13.6 Å². The zero-order valence-electron chi connectivity index (χ0n) is 19.4. The van der Waals surface area contributed by atoms with E-state index in [0.29, 0.717) is 5.56 Å².